The summed E-state index contributed by atoms with van der Waals surface area (Å²) < 4.78 is 43.5. The van der Waals surface area contributed by atoms with Crippen LogP contribution in [0.2, 0.25) is 0 Å². The first-order valence-electron chi connectivity index (χ1n) is 14.8. The SMILES string of the molecule is CCCC(C)CCc1cc[n+]2c(c1)-c1c(cc(F)c(C#N)c1F)C1(CC)C(C3C[n+]4cc(C)n(C)c4C(=O)O3)C21C. The Morgan fingerprint density at radius 2 is 2.02 bits per heavy atom. The van der Waals surface area contributed by atoms with Gasteiger partial charge in [-0.3, -0.25) is 0 Å². The first kappa shape index (κ1) is 27.6. The summed E-state index contributed by atoms with van der Waals surface area (Å²) in [4.78, 5) is 13.2. The van der Waals surface area contributed by atoms with E-state index in [-0.39, 0.29) is 5.92 Å². The molecule has 0 N–H and O–H groups in total. The zero-order chi connectivity index (χ0) is 29.4. The summed E-state index contributed by atoms with van der Waals surface area (Å²) >= 11 is 0. The number of nitrogens with zero attached hydrogens (tertiary/aromatic N) is 4. The van der Waals surface area contributed by atoms with Crippen molar-refractivity contribution in [2.45, 2.75) is 90.3 Å². The van der Waals surface area contributed by atoms with Gasteiger partial charge < -0.3 is 4.74 Å². The van der Waals surface area contributed by atoms with Crippen LogP contribution in [0.3, 0.4) is 0 Å². The molecule has 3 aromatic rings. The van der Waals surface area contributed by atoms with Gasteiger partial charge in [0.1, 0.15) is 35.9 Å². The minimum atomic E-state index is -0.849. The fraction of sp³-hybridized carbons (Fsp3) is 0.515. The van der Waals surface area contributed by atoms with Crippen molar-refractivity contribution < 1.29 is 27.4 Å². The van der Waals surface area contributed by atoms with Crippen LogP contribution in [0, 0.1) is 41.7 Å². The molecule has 0 radical (unpaired) electrons. The summed E-state index contributed by atoms with van der Waals surface area (Å²) in [5.74, 6) is -1.21. The van der Waals surface area contributed by atoms with Gasteiger partial charge in [-0.2, -0.15) is 9.83 Å². The van der Waals surface area contributed by atoms with Crippen LogP contribution in [0.25, 0.3) is 11.3 Å². The summed E-state index contributed by atoms with van der Waals surface area (Å²) in [6.07, 6.45) is 8.23. The highest BCUT2D eigenvalue weighted by atomic mass is 19.1. The molecule has 6 rings (SSSR count). The lowest BCUT2D eigenvalue weighted by Crippen LogP contribution is -2.56. The zero-order valence-electron chi connectivity index (χ0n) is 24.7. The number of carbonyl (C=O) groups is 1. The summed E-state index contributed by atoms with van der Waals surface area (Å²) in [7, 11) is 1.84. The number of benzene rings is 1. The molecule has 2 aromatic heterocycles. The molecule has 1 aromatic carbocycles. The average Bonchev–Trinajstić information content (AvgIpc) is 3.40. The number of pyridine rings is 1. The van der Waals surface area contributed by atoms with Crippen LogP contribution in [-0.4, -0.2) is 16.6 Å². The first-order valence-corrected chi connectivity index (χ1v) is 14.8. The van der Waals surface area contributed by atoms with Crippen molar-refractivity contribution in [2.75, 3.05) is 0 Å². The van der Waals surface area contributed by atoms with Gasteiger partial charge in [0.2, 0.25) is 5.69 Å². The second-order valence-corrected chi connectivity index (χ2v) is 12.5. The Bertz CT molecular complexity index is 1640. The summed E-state index contributed by atoms with van der Waals surface area (Å²) in [5.41, 5.74) is 1.71. The zero-order valence-corrected chi connectivity index (χ0v) is 24.7. The quantitative estimate of drug-likeness (QED) is 0.290. The van der Waals surface area contributed by atoms with Crippen LogP contribution in [0.15, 0.2) is 30.6 Å². The minimum absolute atomic E-state index is 0.225. The molecule has 1 fully saturated rings. The third-order valence-electron chi connectivity index (χ3n) is 10.5. The molecule has 41 heavy (non-hydrogen) atoms. The lowest BCUT2D eigenvalue weighted by molar-refractivity contribution is -0.739. The van der Waals surface area contributed by atoms with Crippen molar-refractivity contribution in [1.29, 1.82) is 5.26 Å². The highest BCUT2D eigenvalue weighted by molar-refractivity contribution is 5.84. The van der Waals surface area contributed by atoms with E-state index in [2.05, 4.69) is 31.4 Å². The van der Waals surface area contributed by atoms with Crippen molar-refractivity contribution in [2.24, 2.45) is 18.9 Å². The molecule has 1 aliphatic carbocycles. The van der Waals surface area contributed by atoms with Gasteiger partial charge in [0, 0.05) is 26.0 Å². The predicted molar refractivity (Wildman–Crippen MR) is 148 cm³/mol. The van der Waals surface area contributed by atoms with E-state index in [4.69, 9.17) is 4.74 Å². The van der Waals surface area contributed by atoms with Crippen molar-refractivity contribution in [3.05, 3.63) is 70.4 Å². The third kappa shape index (κ3) is 3.60. The number of aromatic nitrogens is 3. The summed E-state index contributed by atoms with van der Waals surface area (Å²) in [6, 6.07) is 7.23. The van der Waals surface area contributed by atoms with Crippen molar-refractivity contribution >= 4 is 5.97 Å². The number of hydrogen-bond acceptors (Lipinski definition) is 3. The van der Waals surface area contributed by atoms with Gasteiger partial charge in [-0.15, -0.1) is 0 Å². The maximum absolute atomic E-state index is 16.2. The molecular formula is C33H38F2N4O2+2. The largest absolute Gasteiger partial charge is 0.448 e. The fourth-order valence-corrected chi connectivity index (χ4v) is 8.36. The lowest BCUT2D eigenvalue weighted by Gasteiger charge is -2.28. The Morgan fingerprint density at radius 3 is 2.71 bits per heavy atom. The molecule has 0 spiro atoms. The molecule has 1 saturated carbocycles. The average molecular weight is 561 g/mol. The first-order chi connectivity index (χ1) is 19.5. The van der Waals surface area contributed by atoms with E-state index in [1.807, 2.05) is 48.5 Å². The van der Waals surface area contributed by atoms with E-state index in [0.29, 0.717) is 41.5 Å². The fourth-order valence-electron chi connectivity index (χ4n) is 8.36. The number of halogens is 2. The van der Waals surface area contributed by atoms with Crippen LogP contribution < -0.4 is 9.13 Å². The van der Waals surface area contributed by atoms with Crippen LogP contribution in [-0.2, 0) is 35.7 Å². The molecule has 2 aliphatic heterocycles. The molecule has 6 nitrogen and oxygen atoms in total. The number of rotatable bonds is 7. The Hall–Kier alpha value is -3.60. The lowest BCUT2D eigenvalue weighted by atomic mass is 9.79. The van der Waals surface area contributed by atoms with E-state index < -0.39 is 40.2 Å². The van der Waals surface area contributed by atoms with Crippen LogP contribution in [0.4, 0.5) is 8.78 Å². The highest BCUT2D eigenvalue weighted by Gasteiger charge is 2.86. The number of cyclic esters (lactones) is 1. The number of nitriles is 1. The molecule has 0 saturated heterocycles. The van der Waals surface area contributed by atoms with Crippen molar-refractivity contribution in [3.63, 3.8) is 0 Å². The summed E-state index contributed by atoms with van der Waals surface area (Å²) in [5, 5.41) is 9.65. The van der Waals surface area contributed by atoms with Gasteiger partial charge in [0.15, 0.2) is 23.7 Å². The molecule has 214 valence electrons. The van der Waals surface area contributed by atoms with E-state index in [9.17, 15) is 10.1 Å². The Balaban J connectivity index is 1.51. The standard InChI is InChI=1S/C33H38F2N4O2/c1-7-9-19(3)10-11-21-12-13-39-25(14-21)27-23(15-24(34)22(16-36)28(27)35)33(8-2)29(32(33,39)5)26-18-38-17-20(4)37(6)30(38)31(40)41-26/h12-15,17,19,26,29H,7-11,18H2,1-6H3/q+2. The summed E-state index contributed by atoms with van der Waals surface area (Å²) in [6.45, 7) is 11.0. The molecule has 8 heteroatoms. The van der Waals surface area contributed by atoms with E-state index in [1.165, 1.54) is 6.07 Å². The highest BCUT2D eigenvalue weighted by Crippen LogP contribution is 2.72. The van der Waals surface area contributed by atoms with E-state index >= 15 is 8.78 Å². The maximum atomic E-state index is 16.2. The van der Waals surface area contributed by atoms with Crippen LogP contribution >= 0.6 is 0 Å². The van der Waals surface area contributed by atoms with Gasteiger partial charge >= 0.3 is 11.8 Å². The number of esters is 1. The number of imidazole rings is 1. The molecular weight excluding hydrogens is 522 g/mol. The van der Waals surface area contributed by atoms with Gasteiger partial charge in [-0.1, -0.05) is 33.6 Å². The smallest absolute Gasteiger partial charge is 0.422 e. The molecule has 0 bridgehead atoms. The minimum Gasteiger partial charge on any atom is -0.448 e. The Labute approximate surface area is 240 Å². The number of ether oxygens (including phenoxy) is 1. The Kier molecular flexibility index (Phi) is 6.37. The van der Waals surface area contributed by atoms with Crippen LogP contribution in [0.5, 0.6) is 0 Å². The number of hydrogen-bond donors (Lipinski definition) is 0. The van der Waals surface area contributed by atoms with Gasteiger partial charge in [-0.25, -0.2) is 22.7 Å². The molecule has 5 unspecified atom stereocenters. The van der Waals surface area contributed by atoms with Gasteiger partial charge in [0.05, 0.1) is 23.9 Å². The second kappa shape index (κ2) is 9.47. The topological polar surface area (TPSA) is 62.8 Å². The second-order valence-electron chi connectivity index (χ2n) is 12.5. The maximum Gasteiger partial charge on any atom is 0.422 e. The molecule has 4 heterocycles. The number of fused-ring (bicyclic) bond motifs is 7. The van der Waals surface area contributed by atoms with E-state index in [0.717, 1.165) is 36.9 Å². The normalized spacial score (nSPS) is 26.3. The van der Waals surface area contributed by atoms with Crippen molar-refractivity contribution in [1.82, 2.24) is 4.57 Å². The Morgan fingerprint density at radius 1 is 1.27 bits per heavy atom. The molecule has 5 atom stereocenters. The predicted octanol–water partition coefficient (Wildman–Crippen LogP) is 5.34. The van der Waals surface area contributed by atoms with Gasteiger partial charge in [-0.05, 0) is 42.4 Å². The van der Waals surface area contributed by atoms with Crippen LogP contribution in [0.1, 0.15) is 86.4 Å². The number of aryl methyl sites for hydroxylation is 2. The van der Waals surface area contributed by atoms with E-state index in [1.54, 1.807) is 6.07 Å². The number of carbonyl (C=O) groups excluding carboxylic acids is 1. The van der Waals surface area contributed by atoms with Crippen molar-refractivity contribution in [3.8, 4) is 17.3 Å². The van der Waals surface area contributed by atoms with Gasteiger partial charge in [0.25, 0.3) is 0 Å². The monoisotopic (exact) mass is 560 g/mol. The molecule has 3 aliphatic rings. The third-order valence-corrected chi connectivity index (χ3v) is 10.5. The molecule has 0 amide bonds.